The Kier molecular flexibility index (Phi) is 3.75. The molecule has 0 aliphatic carbocycles. The quantitative estimate of drug-likeness (QED) is 0.784. The lowest BCUT2D eigenvalue weighted by Gasteiger charge is -2.14. The lowest BCUT2D eigenvalue weighted by molar-refractivity contribution is 0.112. The number of carbonyl (C=O) groups excluding carboxylic acids is 1. The predicted molar refractivity (Wildman–Crippen MR) is 73.7 cm³/mol. The number of hydrogen-bond acceptors (Lipinski definition) is 5. The first kappa shape index (κ1) is 13.0. The number of aromatic nitrogens is 2. The number of ether oxygens (including phenoxy) is 1. The lowest BCUT2D eigenvalue weighted by atomic mass is 10.1. The average Bonchev–Trinajstić information content (AvgIpc) is 2.46. The van der Waals surface area contributed by atoms with Gasteiger partial charge < -0.3 is 9.64 Å². The van der Waals surface area contributed by atoms with Gasteiger partial charge in [-0.3, -0.25) is 4.79 Å². The van der Waals surface area contributed by atoms with Crippen LogP contribution in [-0.4, -0.2) is 37.7 Å². The summed E-state index contributed by atoms with van der Waals surface area (Å²) in [5.74, 6) is 1.34. The summed E-state index contributed by atoms with van der Waals surface area (Å²) >= 11 is 0. The Bertz CT molecular complexity index is 580. The second-order valence-corrected chi connectivity index (χ2v) is 4.26. The molecule has 0 saturated heterocycles. The van der Waals surface area contributed by atoms with Crippen molar-refractivity contribution in [1.82, 2.24) is 10.2 Å². The largest absolute Gasteiger partial charge is 0.493 e. The summed E-state index contributed by atoms with van der Waals surface area (Å²) in [5, 5.41) is 8.32. The van der Waals surface area contributed by atoms with Crippen molar-refractivity contribution in [2.75, 3.05) is 26.1 Å². The van der Waals surface area contributed by atoms with Crippen molar-refractivity contribution in [2.45, 2.75) is 0 Å². The maximum atomic E-state index is 10.6. The summed E-state index contributed by atoms with van der Waals surface area (Å²) in [7, 11) is 5.36. The topological polar surface area (TPSA) is 55.3 Å². The normalized spacial score (nSPS) is 10.1. The second kappa shape index (κ2) is 5.48. The molecule has 0 N–H and O–H groups in total. The molecular weight excluding hydrogens is 242 g/mol. The molecule has 0 aliphatic rings. The van der Waals surface area contributed by atoms with Gasteiger partial charge in [0.15, 0.2) is 11.6 Å². The summed E-state index contributed by atoms with van der Waals surface area (Å²) in [6.45, 7) is 0. The maximum Gasteiger partial charge on any atom is 0.193 e. The summed E-state index contributed by atoms with van der Waals surface area (Å²) in [4.78, 5) is 12.5. The SMILES string of the molecule is COc1cc(-c2ccc(C=O)cc2)nnc1N(C)C. The van der Waals surface area contributed by atoms with Gasteiger partial charge in [0.05, 0.1) is 12.8 Å². The molecule has 0 saturated carbocycles. The van der Waals surface area contributed by atoms with Crippen molar-refractivity contribution in [1.29, 1.82) is 0 Å². The molecule has 1 heterocycles. The van der Waals surface area contributed by atoms with Crippen LogP contribution in [-0.2, 0) is 0 Å². The first-order valence-electron chi connectivity index (χ1n) is 5.80. The third-order valence-electron chi connectivity index (χ3n) is 2.73. The minimum Gasteiger partial charge on any atom is -0.493 e. The number of hydrogen-bond donors (Lipinski definition) is 0. The smallest absolute Gasteiger partial charge is 0.193 e. The van der Waals surface area contributed by atoms with E-state index in [9.17, 15) is 4.79 Å². The van der Waals surface area contributed by atoms with Gasteiger partial charge in [0.25, 0.3) is 0 Å². The van der Waals surface area contributed by atoms with Gasteiger partial charge in [-0.15, -0.1) is 10.2 Å². The van der Waals surface area contributed by atoms with Crippen LogP contribution in [0.3, 0.4) is 0 Å². The van der Waals surface area contributed by atoms with Crippen molar-refractivity contribution in [3.63, 3.8) is 0 Å². The van der Waals surface area contributed by atoms with E-state index in [1.807, 2.05) is 37.2 Å². The first-order chi connectivity index (χ1) is 9.15. The molecule has 0 atom stereocenters. The van der Waals surface area contributed by atoms with Crippen LogP contribution in [0.5, 0.6) is 5.75 Å². The van der Waals surface area contributed by atoms with Crippen molar-refractivity contribution in [3.8, 4) is 17.0 Å². The Labute approximate surface area is 111 Å². The average molecular weight is 257 g/mol. The molecule has 0 aliphatic heterocycles. The highest BCUT2D eigenvalue weighted by Crippen LogP contribution is 2.27. The third kappa shape index (κ3) is 2.70. The highest BCUT2D eigenvalue weighted by molar-refractivity contribution is 5.76. The minimum atomic E-state index is 0.633. The van der Waals surface area contributed by atoms with Crippen molar-refractivity contribution >= 4 is 12.1 Å². The van der Waals surface area contributed by atoms with Crippen LogP contribution >= 0.6 is 0 Å². The van der Waals surface area contributed by atoms with Gasteiger partial charge in [0.1, 0.15) is 6.29 Å². The van der Waals surface area contributed by atoms with E-state index in [-0.39, 0.29) is 0 Å². The van der Waals surface area contributed by atoms with Gasteiger partial charge in [-0.2, -0.15) is 0 Å². The van der Waals surface area contributed by atoms with E-state index in [1.54, 1.807) is 19.2 Å². The van der Waals surface area contributed by atoms with Crippen molar-refractivity contribution < 1.29 is 9.53 Å². The fourth-order valence-corrected chi connectivity index (χ4v) is 1.70. The first-order valence-corrected chi connectivity index (χ1v) is 5.80. The number of rotatable bonds is 4. The molecule has 2 aromatic rings. The van der Waals surface area contributed by atoms with E-state index in [0.29, 0.717) is 22.8 Å². The lowest BCUT2D eigenvalue weighted by Crippen LogP contribution is -2.13. The van der Waals surface area contributed by atoms with Gasteiger partial charge in [-0.05, 0) is 0 Å². The van der Waals surface area contributed by atoms with Crippen LogP contribution in [0.15, 0.2) is 30.3 Å². The number of benzene rings is 1. The molecule has 0 spiro atoms. The summed E-state index contributed by atoms with van der Waals surface area (Å²) in [6, 6.07) is 9.00. The number of anilines is 1. The molecule has 0 amide bonds. The molecule has 98 valence electrons. The van der Waals surface area contributed by atoms with E-state index in [4.69, 9.17) is 4.74 Å². The highest BCUT2D eigenvalue weighted by atomic mass is 16.5. The van der Waals surface area contributed by atoms with Crippen molar-refractivity contribution in [3.05, 3.63) is 35.9 Å². The molecule has 1 aromatic carbocycles. The van der Waals surface area contributed by atoms with Gasteiger partial charge >= 0.3 is 0 Å². The Balaban J connectivity index is 2.42. The molecule has 2 rings (SSSR count). The van der Waals surface area contributed by atoms with Crippen LogP contribution < -0.4 is 9.64 Å². The van der Waals surface area contributed by atoms with Gasteiger partial charge in [-0.1, -0.05) is 24.3 Å². The molecular formula is C14H15N3O2. The zero-order valence-electron chi connectivity index (χ0n) is 11.1. The Morgan fingerprint density at radius 1 is 1.16 bits per heavy atom. The summed E-state index contributed by atoms with van der Waals surface area (Å²) < 4.78 is 5.31. The zero-order chi connectivity index (χ0) is 13.8. The number of nitrogens with zero attached hydrogens (tertiary/aromatic N) is 3. The monoisotopic (exact) mass is 257 g/mol. The molecule has 0 bridgehead atoms. The molecule has 5 heteroatoms. The second-order valence-electron chi connectivity index (χ2n) is 4.26. The van der Waals surface area contributed by atoms with Crippen molar-refractivity contribution in [2.24, 2.45) is 0 Å². The number of methoxy groups -OCH3 is 1. The number of carbonyl (C=O) groups is 1. The minimum absolute atomic E-state index is 0.633. The number of aldehydes is 1. The molecule has 19 heavy (non-hydrogen) atoms. The van der Waals surface area contributed by atoms with Crippen LogP contribution in [0.2, 0.25) is 0 Å². The van der Waals surface area contributed by atoms with Gasteiger partial charge in [0, 0.05) is 31.3 Å². The Hall–Kier alpha value is -2.43. The van der Waals surface area contributed by atoms with E-state index < -0.39 is 0 Å². The molecule has 0 radical (unpaired) electrons. The van der Waals surface area contributed by atoms with E-state index >= 15 is 0 Å². The summed E-state index contributed by atoms with van der Waals surface area (Å²) in [5.41, 5.74) is 2.23. The standard InChI is InChI=1S/C14H15N3O2/c1-17(2)14-13(19-3)8-12(15-16-14)11-6-4-10(9-18)5-7-11/h4-9H,1-3H3. The van der Waals surface area contributed by atoms with Crippen LogP contribution in [0.1, 0.15) is 10.4 Å². The maximum absolute atomic E-state index is 10.6. The molecule has 0 unspecified atom stereocenters. The molecule has 1 aromatic heterocycles. The molecule has 0 fully saturated rings. The fraction of sp³-hybridized carbons (Fsp3) is 0.214. The van der Waals surface area contributed by atoms with Gasteiger partial charge in [0.2, 0.25) is 0 Å². The Morgan fingerprint density at radius 3 is 2.37 bits per heavy atom. The summed E-state index contributed by atoms with van der Waals surface area (Å²) in [6.07, 6.45) is 0.811. The van der Waals surface area contributed by atoms with Crippen LogP contribution in [0, 0.1) is 0 Å². The van der Waals surface area contributed by atoms with E-state index in [1.165, 1.54) is 0 Å². The van der Waals surface area contributed by atoms with E-state index in [2.05, 4.69) is 10.2 Å². The van der Waals surface area contributed by atoms with Crippen LogP contribution in [0.25, 0.3) is 11.3 Å². The van der Waals surface area contributed by atoms with E-state index in [0.717, 1.165) is 11.8 Å². The third-order valence-corrected chi connectivity index (χ3v) is 2.73. The highest BCUT2D eigenvalue weighted by Gasteiger charge is 2.10. The Morgan fingerprint density at radius 2 is 1.84 bits per heavy atom. The van der Waals surface area contributed by atoms with Crippen LogP contribution in [0.4, 0.5) is 5.82 Å². The molecule has 5 nitrogen and oxygen atoms in total. The van der Waals surface area contributed by atoms with Gasteiger partial charge in [-0.25, -0.2) is 0 Å². The zero-order valence-corrected chi connectivity index (χ0v) is 11.1. The predicted octanol–water partition coefficient (Wildman–Crippen LogP) is 2.03. The fourth-order valence-electron chi connectivity index (χ4n) is 1.70.